The van der Waals surface area contributed by atoms with Gasteiger partial charge < -0.3 is 9.52 Å². The van der Waals surface area contributed by atoms with E-state index in [0.29, 0.717) is 17.3 Å². The molecule has 2 saturated carbocycles. The van der Waals surface area contributed by atoms with E-state index in [1.807, 2.05) is 0 Å². The highest BCUT2D eigenvalue weighted by Gasteiger charge is 2.49. The second kappa shape index (κ2) is 7.96. The Morgan fingerprint density at radius 1 is 0.972 bits per heavy atom. The SMILES string of the molecule is O[C@H](c1coc(-c2cncc(C34CCC(CC3)c3cc(-c5c(F)cccc5F)nnc34)n2)n1)C1CC1. The second-order valence-electron chi connectivity index (χ2n) is 10.1. The van der Waals surface area contributed by atoms with Crippen molar-refractivity contribution in [1.29, 1.82) is 0 Å². The lowest BCUT2D eigenvalue weighted by atomic mass is 9.58. The maximum Gasteiger partial charge on any atom is 0.247 e. The van der Waals surface area contributed by atoms with Crippen LogP contribution in [0.5, 0.6) is 0 Å². The van der Waals surface area contributed by atoms with Gasteiger partial charge in [-0.2, -0.15) is 5.10 Å². The van der Waals surface area contributed by atoms with Crippen LogP contribution in [0.15, 0.2) is 47.3 Å². The standard InChI is InChI=1S/C27H23F2N5O2/c28-17-2-1-3-18(29)23(17)19-10-16-14-6-8-27(9-7-14,25(16)34-33-19)22-12-30-11-20(31-22)26-32-21(13-36-26)24(35)15-4-5-15/h1-3,10-15,24,35H,4-9H2/t14?,24-,27?/m0/s1. The monoisotopic (exact) mass is 487 g/mol. The van der Waals surface area contributed by atoms with Crippen LogP contribution in [0.3, 0.4) is 0 Å². The molecule has 36 heavy (non-hydrogen) atoms. The highest BCUT2D eigenvalue weighted by atomic mass is 19.1. The maximum atomic E-state index is 14.4. The number of aliphatic hydroxyl groups excluding tert-OH is 1. The molecule has 9 heteroatoms. The van der Waals surface area contributed by atoms with Crippen molar-refractivity contribution in [2.45, 2.75) is 56.0 Å². The first-order valence-electron chi connectivity index (χ1n) is 12.3. The lowest BCUT2D eigenvalue weighted by Gasteiger charge is -2.46. The lowest BCUT2D eigenvalue weighted by molar-refractivity contribution is 0.149. The average molecular weight is 488 g/mol. The molecule has 3 aromatic heterocycles. The van der Waals surface area contributed by atoms with Gasteiger partial charge in [-0.1, -0.05) is 6.07 Å². The predicted molar refractivity (Wildman–Crippen MR) is 125 cm³/mol. The number of fused-ring (bicyclic) bond motifs is 2. The summed E-state index contributed by atoms with van der Waals surface area (Å²) in [5, 5.41) is 19.2. The van der Waals surface area contributed by atoms with Crippen LogP contribution in [0, 0.1) is 17.6 Å². The van der Waals surface area contributed by atoms with Crippen molar-refractivity contribution in [2.75, 3.05) is 0 Å². The number of oxazole rings is 1. The normalized spacial score (nSPS) is 23.5. The molecule has 7 nitrogen and oxygen atoms in total. The zero-order valence-corrected chi connectivity index (χ0v) is 19.4. The van der Waals surface area contributed by atoms with Gasteiger partial charge in [-0.05, 0) is 74.1 Å². The van der Waals surface area contributed by atoms with Crippen LogP contribution in [-0.2, 0) is 5.41 Å². The fourth-order valence-electron chi connectivity index (χ4n) is 5.88. The highest BCUT2D eigenvalue weighted by Crippen LogP contribution is 2.55. The number of aliphatic hydroxyl groups is 1. The topological polar surface area (TPSA) is 97.8 Å². The summed E-state index contributed by atoms with van der Waals surface area (Å²) in [5.74, 6) is -0.488. The van der Waals surface area contributed by atoms with Gasteiger partial charge in [0.2, 0.25) is 5.89 Å². The maximum absolute atomic E-state index is 14.4. The predicted octanol–water partition coefficient (Wildman–Crippen LogP) is 5.27. The average Bonchev–Trinajstić information content (AvgIpc) is 3.65. The number of benzene rings is 1. The number of hydrogen-bond acceptors (Lipinski definition) is 7. The van der Waals surface area contributed by atoms with Gasteiger partial charge in [-0.3, -0.25) is 4.98 Å². The van der Waals surface area contributed by atoms with Crippen molar-refractivity contribution >= 4 is 0 Å². The fourth-order valence-corrected chi connectivity index (χ4v) is 5.88. The first kappa shape index (κ1) is 21.7. The van der Waals surface area contributed by atoms with E-state index in [-0.39, 0.29) is 23.1 Å². The van der Waals surface area contributed by atoms with Crippen LogP contribution in [-0.4, -0.2) is 30.3 Å². The molecule has 1 atom stereocenters. The van der Waals surface area contributed by atoms with Gasteiger partial charge in [0, 0.05) is 6.20 Å². The molecular formula is C27H23F2N5O2. The Balaban J connectivity index is 1.28. The van der Waals surface area contributed by atoms with Crippen LogP contribution in [0.4, 0.5) is 8.78 Å². The molecule has 0 saturated heterocycles. The fraction of sp³-hybridized carbons (Fsp3) is 0.370. The van der Waals surface area contributed by atoms with Crippen LogP contribution in [0.2, 0.25) is 0 Å². The zero-order chi connectivity index (χ0) is 24.4. The number of rotatable bonds is 5. The Labute approximate surface area is 205 Å². The molecule has 182 valence electrons. The Morgan fingerprint density at radius 3 is 2.50 bits per heavy atom. The summed E-state index contributed by atoms with van der Waals surface area (Å²) in [6.45, 7) is 0. The molecule has 4 aliphatic carbocycles. The summed E-state index contributed by atoms with van der Waals surface area (Å²) < 4.78 is 34.5. The van der Waals surface area contributed by atoms with Crippen LogP contribution >= 0.6 is 0 Å². The molecule has 4 aliphatic rings. The molecule has 2 bridgehead atoms. The highest BCUT2D eigenvalue weighted by molar-refractivity contribution is 5.62. The first-order valence-corrected chi connectivity index (χ1v) is 12.3. The van der Waals surface area contributed by atoms with Crippen molar-refractivity contribution in [1.82, 2.24) is 25.1 Å². The van der Waals surface area contributed by atoms with Crippen molar-refractivity contribution in [3.8, 4) is 22.8 Å². The molecule has 0 spiro atoms. The van der Waals surface area contributed by atoms with Gasteiger partial charge in [0.05, 0.1) is 34.3 Å². The summed E-state index contributed by atoms with van der Waals surface area (Å²) in [6.07, 6.45) is 9.70. The largest absolute Gasteiger partial charge is 0.443 e. The van der Waals surface area contributed by atoms with E-state index < -0.39 is 23.2 Å². The van der Waals surface area contributed by atoms with Crippen molar-refractivity contribution in [3.63, 3.8) is 0 Å². The molecule has 0 aliphatic heterocycles. The smallest absolute Gasteiger partial charge is 0.247 e. The van der Waals surface area contributed by atoms with E-state index in [4.69, 9.17) is 9.40 Å². The Bertz CT molecular complexity index is 1460. The summed E-state index contributed by atoms with van der Waals surface area (Å²) in [7, 11) is 0. The second-order valence-corrected chi connectivity index (χ2v) is 10.1. The van der Waals surface area contributed by atoms with Gasteiger partial charge in [0.15, 0.2) is 0 Å². The van der Waals surface area contributed by atoms with Gasteiger partial charge in [-0.25, -0.2) is 18.7 Å². The molecule has 1 aromatic carbocycles. The molecule has 0 amide bonds. The van der Waals surface area contributed by atoms with Gasteiger partial charge in [0.25, 0.3) is 0 Å². The minimum atomic E-state index is -0.657. The Morgan fingerprint density at radius 2 is 1.75 bits per heavy atom. The van der Waals surface area contributed by atoms with Crippen molar-refractivity contribution < 1.29 is 18.3 Å². The molecule has 1 N–H and O–H groups in total. The summed E-state index contributed by atoms with van der Waals surface area (Å²) in [5.41, 5.74) is 3.08. The minimum Gasteiger partial charge on any atom is -0.443 e. The molecule has 3 heterocycles. The number of hydrogen-bond donors (Lipinski definition) is 1. The molecule has 0 radical (unpaired) electrons. The molecular weight excluding hydrogens is 464 g/mol. The molecule has 4 aromatic rings. The van der Waals surface area contributed by atoms with E-state index in [2.05, 4.69) is 20.2 Å². The van der Waals surface area contributed by atoms with Gasteiger partial charge in [0.1, 0.15) is 35.4 Å². The summed E-state index contributed by atoms with van der Waals surface area (Å²) in [4.78, 5) is 13.8. The van der Waals surface area contributed by atoms with Gasteiger partial charge >= 0.3 is 0 Å². The van der Waals surface area contributed by atoms with E-state index >= 15 is 0 Å². The quantitative estimate of drug-likeness (QED) is 0.410. The van der Waals surface area contributed by atoms with Gasteiger partial charge in [-0.15, -0.1) is 5.10 Å². The molecule has 0 unspecified atom stereocenters. The molecule has 2 fully saturated rings. The van der Waals surface area contributed by atoms with Crippen LogP contribution in [0.1, 0.15) is 73.2 Å². The molecule has 8 rings (SSSR count). The van der Waals surface area contributed by atoms with E-state index in [1.165, 1.54) is 24.5 Å². The van der Waals surface area contributed by atoms with E-state index in [9.17, 15) is 13.9 Å². The van der Waals surface area contributed by atoms with Crippen LogP contribution < -0.4 is 0 Å². The minimum absolute atomic E-state index is 0.154. The lowest BCUT2D eigenvalue weighted by Crippen LogP contribution is -2.41. The number of halogens is 2. The van der Waals surface area contributed by atoms with E-state index in [0.717, 1.165) is 55.5 Å². The summed E-state index contributed by atoms with van der Waals surface area (Å²) in [6, 6.07) is 5.59. The third kappa shape index (κ3) is 3.29. The third-order valence-electron chi connectivity index (χ3n) is 8.01. The first-order chi connectivity index (χ1) is 17.5. The van der Waals surface area contributed by atoms with E-state index in [1.54, 1.807) is 18.5 Å². The van der Waals surface area contributed by atoms with Crippen molar-refractivity contribution in [2.24, 2.45) is 5.92 Å². The number of nitrogens with zero attached hydrogens (tertiary/aromatic N) is 5. The zero-order valence-electron chi connectivity index (χ0n) is 19.4. The summed E-state index contributed by atoms with van der Waals surface area (Å²) >= 11 is 0. The van der Waals surface area contributed by atoms with Crippen molar-refractivity contribution in [3.05, 3.63) is 77.2 Å². The Kier molecular flexibility index (Phi) is 4.79. The van der Waals surface area contributed by atoms with Crippen LogP contribution in [0.25, 0.3) is 22.8 Å². The third-order valence-corrected chi connectivity index (χ3v) is 8.01. The Hall–Kier alpha value is -3.59. The number of aromatic nitrogens is 5.